The molecule has 1 aromatic carbocycles. The molecule has 1 heterocycles. The van der Waals surface area contributed by atoms with Gasteiger partial charge in [-0.3, -0.25) is 0 Å². The fourth-order valence-corrected chi connectivity index (χ4v) is 2.39. The second kappa shape index (κ2) is 6.63. The Labute approximate surface area is 118 Å². The minimum Gasteiger partial charge on any atom is -0.491 e. The molecule has 0 saturated heterocycles. The van der Waals surface area contributed by atoms with Crippen molar-refractivity contribution in [2.45, 2.75) is 32.9 Å². The Kier molecular flexibility index (Phi) is 4.87. The van der Waals surface area contributed by atoms with Crippen LogP contribution in [0.5, 0.6) is 5.75 Å². The van der Waals surface area contributed by atoms with Gasteiger partial charge in [0.1, 0.15) is 5.75 Å². The van der Waals surface area contributed by atoms with Gasteiger partial charge in [0.25, 0.3) is 0 Å². The van der Waals surface area contributed by atoms with Crippen LogP contribution in [0.15, 0.2) is 30.5 Å². The summed E-state index contributed by atoms with van der Waals surface area (Å²) in [7, 11) is 0. The van der Waals surface area contributed by atoms with E-state index >= 15 is 0 Å². The van der Waals surface area contributed by atoms with E-state index in [0.717, 1.165) is 23.6 Å². The second-order valence-corrected chi connectivity index (χ2v) is 5.12. The Morgan fingerprint density at radius 1 is 1.37 bits per heavy atom. The van der Waals surface area contributed by atoms with Gasteiger partial charge < -0.3 is 10.1 Å². The van der Waals surface area contributed by atoms with Crippen LogP contribution >= 0.6 is 11.7 Å². The van der Waals surface area contributed by atoms with Crippen molar-refractivity contribution in [3.05, 3.63) is 41.7 Å². The first kappa shape index (κ1) is 14.0. The average Bonchev–Trinajstić information content (AvgIpc) is 2.89. The third-order valence-corrected chi connectivity index (χ3v) is 3.14. The predicted octanol–water partition coefficient (Wildman–Crippen LogP) is 3.02. The summed E-state index contributed by atoms with van der Waals surface area (Å²) in [6.07, 6.45) is 1.99. The standard InChI is InChI=1S/C14H19N3OS/c1-4-15-14(13-9-16-19-17-13)11-6-5-7-12(8-11)18-10(2)3/h5-10,14-15H,4H2,1-3H3. The van der Waals surface area contributed by atoms with Crippen LogP contribution in [0, 0.1) is 0 Å². The molecule has 0 spiro atoms. The highest BCUT2D eigenvalue weighted by atomic mass is 32.1. The summed E-state index contributed by atoms with van der Waals surface area (Å²) in [6, 6.07) is 8.20. The molecule has 4 nitrogen and oxygen atoms in total. The van der Waals surface area contributed by atoms with Crippen molar-refractivity contribution in [3.8, 4) is 5.75 Å². The Hall–Kier alpha value is -1.46. The quantitative estimate of drug-likeness (QED) is 0.881. The topological polar surface area (TPSA) is 47.0 Å². The largest absolute Gasteiger partial charge is 0.491 e. The molecule has 102 valence electrons. The number of hydrogen-bond acceptors (Lipinski definition) is 5. The molecular weight excluding hydrogens is 258 g/mol. The number of benzene rings is 1. The molecule has 2 aromatic rings. The zero-order chi connectivity index (χ0) is 13.7. The van der Waals surface area contributed by atoms with Crippen molar-refractivity contribution in [3.63, 3.8) is 0 Å². The molecule has 0 amide bonds. The van der Waals surface area contributed by atoms with Gasteiger partial charge in [-0.1, -0.05) is 19.1 Å². The zero-order valence-corrected chi connectivity index (χ0v) is 12.3. The molecule has 0 radical (unpaired) electrons. The first-order valence-corrected chi connectivity index (χ1v) is 7.21. The molecule has 1 aromatic heterocycles. The van der Waals surface area contributed by atoms with E-state index in [9.17, 15) is 0 Å². The second-order valence-electron chi connectivity index (χ2n) is 4.56. The fourth-order valence-electron chi connectivity index (χ4n) is 1.94. The van der Waals surface area contributed by atoms with E-state index < -0.39 is 0 Å². The predicted molar refractivity (Wildman–Crippen MR) is 77.6 cm³/mol. The lowest BCUT2D eigenvalue weighted by molar-refractivity contribution is 0.242. The van der Waals surface area contributed by atoms with E-state index in [0.29, 0.717) is 0 Å². The average molecular weight is 277 g/mol. The Morgan fingerprint density at radius 3 is 2.84 bits per heavy atom. The summed E-state index contributed by atoms with van der Waals surface area (Å²) in [5.41, 5.74) is 2.10. The van der Waals surface area contributed by atoms with Crippen molar-refractivity contribution < 1.29 is 4.74 Å². The fraction of sp³-hybridized carbons (Fsp3) is 0.429. The molecule has 0 bridgehead atoms. The monoisotopic (exact) mass is 277 g/mol. The first-order chi connectivity index (χ1) is 9.20. The molecular formula is C14H19N3OS. The van der Waals surface area contributed by atoms with Crippen LogP contribution in [0.3, 0.4) is 0 Å². The van der Waals surface area contributed by atoms with E-state index in [1.165, 1.54) is 11.7 Å². The molecule has 2 rings (SSSR count). The van der Waals surface area contributed by atoms with E-state index in [4.69, 9.17) is 4.74 Å². The third-order valence-electron chi connectivity index (χ3n) is 2.65. The highest BCUT2D eigenvalue weighted by Crippen LogP contribution is 2.24. The van der Waals surface area contributed by atoms with E-state index in [-0.39, 0.29) is 12.1 Å². The molecule has 1 unspecified atom stereocenters. The molecule has 1 atom stereocenters. The van der Waals surface area contributed by atoms with Crippen LogP contribution in [-0.2, 0) is 0 Å². The Morgan fingerprint density at radius 2 is 2.21 bits per heavy atom. The van der Waals surface area contributed by atoms with Crippen LogP contribution in [-0.4, -0.2) is 21.4 Å². The summed E-state index contributed by atoms with van der Waals surface area (Å²) in [5, 5.41) is 3.43. The van der Waals surface area contributed by atoms with Crippen LogP contribution < -0.4 is 10.1 Å². The lowest BCUT2D eigenvalue weighted by atomic mass is 10.0. The molecule has 0 fully saturated rings. The summed E-state index contributed by atoms with van der Waals surface area (Å²) in [5.74, 6) is 0.888. The van der Waals surface area contributed by atoms with Gasteiger partial charge in [-0.2, -0.15) is 8.75 Å². The number of rotatable bonds is 6. The van der Waals surface area contributed by atoms with Crippen molar-refractivity contribution >= 4 is 11.7 Å². The molecule has 1 N–H and O–H groups in total. The summed E-state index contributed by atoms with van der Waals surface area (Å²) in [4.78, 5) is 0. The van der Waals surface area contributed by atoms with Gasteiger partial charge >= 0.3 is 0 Å². The van der Waals surface area contributed by atoms with Crippen molar-refractivity contribution in [2.24, 2.45) is 0 Å². The maximum absolute atomic E-state index is 5.74. The minimum atomic E-state index is 0.0689. The number of nitrogens with one attached hydrogen (secondary N) is 1. The highest BCUT2D eigenvalue weighted by Gasteiger charge is 2.16. The van der Waals surface area contributed by atoms with E-state index in [1.54, 1.807) is 0 Å². The van der Waals surface area contributed by atoms with Crippen LogP contribution in [0.25, 0.3) is 0 Å². The molecule has 0 aliphatic heterocycles. The molecule has 5 heteroatoms. The number of aromatic nitrogens is 2. The summed E-state index contributed by atoms with van der Waals surface area (Å²) in [6.45, 7) is 7.01. The maximum atomic E-state index is 5.74. The van der Waals surface area contributed by atoms with Gasteiger partial charge in [0.2, 0.25) is 0 Å². The minimum absolute atomic E-state index is 0.0689. The SMILES string of the molecule is CCNC(c1cccc(OC(C)C)c1)c1cnsn1. The molecule has 0 aliphatic carbocycles. The van der Waals surface area contributed by atoms with Crippen LogP contribution in [0.2, 0.25) is 0 Å². The Balaban J connectivity index is 2.26. The highest BCUT2D eigenvalue weighted by molar-refractivity contribution is 6.99. The van der Waals surface area contributed by atoms with E-state index in [1.807, 2.05) is 32.2 Å². The normalized spacial score (nSPS) is 12.6. The molecule has 19 heavy (non-hydrogen) atoms. The lowest BCUT2D eigenvalue weighted by Gasteiger charge is -2.17. The van der Waals surface area contributed by atoms with Gasteiger partial charge in [0.15, 0.2) is 0 Å². The van der Waals surface area contributed by atoms with Crippen LogP contribution in [0.1, 0.15) is 38.1 Å². The number of ether oxygens (including phenoxy) is 1. The summed E-state index contributed by atoms with van der Waals surface area (Å²) < 4.78 is 14.1. The van der Waals surface area contributed by atoms with Crippen molar-refractivity contribution in [1.82, 2.24) is 14.1 Å². The van der Waals surface area contributed by atoms with Crippen molar-refractivity contribution in [2.75, 3.05) is 6.54 Å². The number of hydrogen-bond donors (Lipinski definition) is 1. The Bertz CT molecular complexity index is 499. The van der Waals surface area contributed by atoms with Crippen molar-refractivity contribution in [1.29, 1.82) is 0 Å². The van der Waals surface area contributed by atoms with Crippen LogP contribution in [0.4, 0.5) is 0 Å². The van der Waals surface area contributed by atoms with Gasteiger partial charge in [-0.05, 0) is 38.1 Å². The van der Waals surface area contributed by atoms with Gasteiger partial charge in [-0.15, -0.1) is 0 Å². The van der Waals surface area contributed by atoms with Gasteiger partial charge in [-0.25, -0.2) is 0 Å². The third kappa shape index (κ3) is 3.75. The van der Waals surface area contributed by atoms with Gasteiger partial charge in [0.05, 0.1) is 35.8 Å². The zero-order valence-electron chi connectivity index (χ0n) is 11.5. The maximum Gasteiger partial charge on any atom is 0.120 e. The molecule has 0 aliphatic rings. The van der Waals surface area contributed by atoms with Gasteiger partial charge in [0, 0.05) is 0 Å². The lowest BCUT2D eigenvalue weighted by Crippen LogP contribution is -2.22. The van der Waals surface area contributed by atoms with E-state index in [2.05, 4.69) is 33.1 Å². The molecule has 0 saturated carbocycles. The first-order valence-electron chi connectivity index (χ1n) is 6.48. The number of nitrogens with zero attached hydrogens (tertiary/aromatic N) is 2. The summed E-state index contributed by atoms with van der Waals surface area (Å²) >= 11 is 1.23. The smallest absolute Gasteiger partial charge is 0.120 e.